The van der Waals surface area contributed by atoms with Crippen LogP contribution in [0.15, 0.2) is 12.7 Å². The highest BCUT2D eigenvalue weighted by atomic mass is 32.2. The van der Waals surface area contributed by atoms with Crippen molar-refractivity contribution in [3.8, 4) is 0 Å². The Morgan fingerprint density at radius 2 is 1.56 bits per heavy atom. The number of amides is 5. The van der Waals surface area contributed by atoms with Crippen molar-refractivity contribution in [1.82, 2.24) is 26.2 Å². The van der Waals surface area contributed by atoms with Crippen molar-refractivity contribution in [2.75, 3.05) is 25.4 Å². The highest BCUT2D eigenvalue weighted by molar-refractivity contribution is 7.92. The summed E-state index contributed by atoms with van der Waals surface area (Å²) in [4.78, 5) is 70.3. The Balaban J connectivity index is 1.34. The molecule has 54 heavy (non-hydrogen) atoms. The number of Topliss-reactive ketones (excluding diaryl/α,β-unsaturated/α-hetero) is 1. The van der Waals surface area contributed by atoms with E-state index in [1.54, 1.807) is 0 Å². The number of piperidine rings is 1. The maximum atomic E-state index is 14.6. The topological polar surface area (TPSA) is 191 Å². The lowest BCUT2D eigenvalue weighted by Gasteiger charge is -2.43. The maximum absolute atomic E-state index is 14.6. The van der Waals surface area contributed by atoms with Gasteiger partial charge >= 0.3 is 6.03 Å². The van der Waals surface area contributed by atoms with E-state index in [1.807, 2.05) is 20.8 Å². The third kappa shape index (κ3) is 9.00. The molecule has 5 aliphatic rings. The summed E-state index contributed by atoms with van der Waals surface area (Å²) in [6, 6.07) is -3.65. The van der Waals surface area contributed by atoms with E-state index in [0.717, 1.165) is 51.4 Å². The van der Waals surface area contributed by atoms with Gasteiger partial charge in [-0.15, -0.1) is 6.58 Å². The molecule has 4 aliphatic carbocycles. The molecule has 304 valence electrons. The van der Waals surface area contributed by atoms with E-state index < -0.39 is 79.8 Å². The molecule has 0 spiro atoms. The van der Waals surface area contributed by atoms with Crippen LogP contribution < -0.4 is 21.3 Å². The standard InChI is InChI=1S/C40H65N5O8S/c1-7-22-41-34(49)31(47)28(17-16-26-14-15-26)42-33(48)30-29-27(38(29,5)6)23-45(30)35(50)32(37(2,3)4)43-36(51)44-39(18-10-8-11-19-39)25-54(52,53)40(24-46)20-12-9-13-21-40/h7,26-30,32,46H,1,8-25H2,2-6H3,(H,41,49)(H,42,48)(H2,43,44,51)/t27-,28?,29-,30-,32+/m0/s1. The lowest BCUT2D eigenvalue weighted by atomic mass is 9.83. The third-order valence-electron chi connectivity index (χ3n) is 13.3. The van der Waals surface area contributed by atoms with Gasteiger partial charge in [0.25, 0.3) is 5.91 Å². The first-order valence-electron chi connectivity index (χ1n) is 20.3. The number of sulfone groups is 1. The zero-order chi connectivity index (χ0) is 39.7. The predicted molar refractivity (Wildman–Crippen MR) is 206 cm³/mol. The van der Waals surface area contributed by atoms with Crippen molar-refractivity contribution >= 4 is 39.4 Å². The van der Waals surface area contributed by atoms with Crippen molar-refractivity contribution < 1.29 is 37.5 Å². The predicted octanol–water partition coefficient (Wildman–Crippen LogP) is 3.54. The van der Waals surface area contributed by atoms with Crippen LogP contribution in [-0.4, -0.2) is 102 Å². The minimum absolute atomic E-state index is 0.0394. The normalized spacial score (nSPS) is 26.7. The molecule has 5 rings (SSSR count). The van der Waals surface area contributed by atoms with E-state index in [2.05, 4.69) is 41.7 Å². The Morgan fingerprint density at radius 3 is 2.11 bits per heavy atom. The van der Waals surface area contributed by atoms with Crippen LogP contribution in [-0.2, 0) is 29.0 Å². The van der Waals surface area contributed by atoms with Crippen LogP contribution in [0.4, 0.5) is 4.79 Å². The molecule has 0 aromatic carbocycles. The summed E-state index contributed by atoms with van der Waals surface area (Å²) in [5, 5.41) is 21.7. The molecule has 1 saturated heterocycles. The lowest BCUT2D eigenvalue weighted by Crippen LogP contribution is -2.64. The number of fused-ring (bicyclic) bond motifs is 1. The lowest BCUT2D eigenvalue weighted by molar-refractivity contribution is -0.145. The first-order valence-corrected chi connectivity index (χ1v) is 21.9. The van der Waals surface area contributed by atoms with Gasteiger partial charge in [-0.3, -0.25) is 19.2 Å². The largest absolute Gasteiger partial charge is 0.395 e. The highest BCUT2D eigenvalue weighted by Gasteiger charge is 2.70. The number of nitrogens with zero attached hydrogens (tertiary/aromatic N) is 1. The summed E-state index contributed by atoms with van der Waals surface area (Å²) in [7, 11) is -3.81. The summed E-state index contributed by atoms with van der Waals surface area (Å²) in [5.74, 6) is -2.39. The second kappa shape index (κ2) is 16.2. The number of aliphatic hydroxyl groups excluding tert-OH is 1. The minimum atomic E-state index is -3.81. The quantitative estimate of drug-likeness (QED) is 0.116. The number of carbonyl (C=O) groups is 5. The van der Waals surface area contributed by atoms with Gasteiger partial charge in [0, 0.05) is 13.1 Å². The Hall–Kier alpha value is -3.00. The number of ketones is 1. The van der Waals surface area contributed by atoms with Crippen LogP contribution in [0.5, 0.6) is 0 Å². The Morgan fingerprint density at radius 1 is 0.944 bits per heavy atom. The molecule has 1 aliphatic heterocycles. The Bertz CT molecular complexity index is 1560. The van der Waals surface area contributed by atoms with Crippen LogP contribution in [0.1, 0.15) is 125 Å². The van der Waals surface area contributed by atoms with Gasteiger partial charge in [-0.1, -0.05) is 92.1 Å². The third-order valence-corrected chi connectivity index (χ3v) is 16.1. The molecule has 5 fully saturated rings. The van der Waals surface area contributed by atoms with Crippen LogP contribution in [0.25, 0.3) is 0 Å². The number of hydrogen-bond donors (Lipinski definition) is 5. The van der Waals surface area contributed by atoms with E-state index >= 15 is 0 Å². The molecule has 13 nitrogen and oxygen atoms in total. The van der Waals surface area contributed by atoms with E-state index in [4.69, 9.17) is 0 Å². The minimum Gasteiger partial charge on any atom is -0.395 e. The van der Waals surface area contributed by atoms with Crippen molar-refractivity contribution in [3.63, 3.8) is 0 Å². The van der Waals surface area contributed by atoms with E-state index in [-0.39, 0.29) is 29.5 Å². The van der Waals surface area contributed by atoms with Gasteiger partial charge < -0.3 is 31.3 Å². The Kier molecular flexibility index (Phi) is 12.7. The highest BCUT2D eigenvalue weighted by Crippen LogP contribution is 2.65. The number of carbonyl (C=O) groups excluding carboxylic acids is 5. The first-order chi connectivity index (χ1) is 25.3. The molecule has 14 heteroatoms. The number of nitrogens with one attached hydrogen (secondary N) is 4. The Labute approximate surface area is 321 Å². The second-order valence-corrected chi connectivity index (χ2v) is 21.1. The van der Waals surface area contributed by atoms with Gasteiger partial charge in [-0.2, -0.15) is 0 Å². The molecule has 0 aromatic heterocycles. The average Bonchev–Trinajstić information content (AvgIpc) is 3.98. The molecular weight excluding hydrogens is 711 g/mol. The van der Waals surface area contributed by atoms with Crippen LogP contribution in [0.3, 0.4) is 0 Å². The summed E-state index contributed by atoms with van der Waals surface area (Å²) in [6.45, 7) is 13.2. The van der Waals surface area contributed by atoms with Crippen LogP contribution in [0.2, 0.25) is 0 Å². The number of likely N-dealkylation sites (tertiary alicyclic amines) is 1. The summed E-state index contributed by atoms with van der Waals surface area (Å²) in [5.41, 5.74) is -2.06. The van der Waals surface area contributed by atoms with Gasteiger partial charge in [0.05, 0.1) is 28.7 Å². The van der Waals surface area contributed by atoms with Crippen molar-refractivity contribution in [1.29, 1.82) is 0 Å². The summed E-state index contributed by atoms with van der Waals surface area (Å²) >= 11 is 0. The monoisotopic (exact) mass is 775 g/mol. The smallest absolute Gasteiger partial charge is 0.315 e. The molecular formula is C40H65N5O8S. The molecule has 0 bridgehead atoms. The van der Waals surface area contributed by atoms with Crippen molar-refractivity contribution in [2.24, 2.45) is 28.6 Å². The molecule has 1 heterocycles. The summed E-state index contributed by atoms with van der Waals surface area (Å²) in [6.07, 6.45) is 11.1. The van der Waals surface area contributed by atoms with Crippen LogP contribution in [0, 0.1) is 28.6 Å². The van der Waals surface area contributed by atoms with Crippen molar-refractivity contribution in [2.45, 2.75) is 153 Å². The fourth-order valence-electron chi connectivity index (χ4n) is 9.60. The molecule has 5 N–H and O–H groups in total. The average molecular weight is 776 g/mol. The van der Waals surface area contributed by atoms with Gasteiger partial charge in [0.1, 0.15) is 12.1 Å². The zero-order valence-corrected chi connectivity index (χ0v) is 34.0. The van der Waals surface area contributed by atoms with E-state index in [1.165, 1.54) is 11.0 Å². The second-order valence-electron chi connectivity index (χ2n) is 18.7. The maximum Gasteiger partial charge on any atom is 0.315 e. The number of aliphatic hydroxyl groups is 1. The summed E-state index contributed by atoms with van der Waals surface area (Å²) < 4.78 is 26.9. The van der Waals surface area contributed by atoms with Crippen LogP contribution >= 0.6 is 0 Å². The fourth-order valence-corrected chi connectivity index (χ4v) is 12.1. The van der Waals surface area contributed by atoms with Crippen molar-refractivity contribution in [3.05, 3.63) is 12.7 Å². The molecule has 1 unspecified atom stereocenters. The van der Waals surface area contributed by atoms with E-state index in [9.17, 15) is 37.5 Å². The zero-order valence-electron chi connectivity index (χ0n) is 33.1. The molecule has 0 radical (unpaired) electrons. The number of hydrogen-bond acceptors (Lipinski definition) is 8. The molecule has 4 saturated carbocycles. The number of urea groups is 1. The fraction of sp³-hybridized carbons (Fsp3) is 0.825. The first kappa shape index (κ1) is 42.1. The molecule has 5 amide bonds. The van der Waals surface area contributed by atoms with Gasteiger partial charge in [-0.25, -0.2) is 13.2 Å². The van der Waals surface area contributed by atoms with Gasteiger partial charge in [0.2, 0.25) is 17.6 Å². The molecule has 0 aromatic rings. The SMILES string of the molecule is C=CCNC(=O)C(=O)C(CCC1CC1)NC(=O)[C@@H]1[C@@H]2[C@H](CN1C(=O)[C@@H](NC(=O)NC1(CS(=O)(=O)C3(CO)CCCCC3)CCCCC1)C(C)(C)C)C2(C)C. The molecule has 5 atom stereocenters. The number of rotatable bonds is 16. The van der Waals surface area contributed by atoms with E-state index in [0.29, 0.717) is 51.0 Å². The van der Waals surface area contributed by atoms with Gasteiger partial charge in [-0.05, 0) is 67.1 Å². The van der Waals surface area contributed by atoms with Gasteiger partial charge in [0.15, 0.2) is 9.84 Å².